The summed E-state index contributed by atoms with van der Waals surface area (Å²) < 4.78 is 37.1. The van der Waals surface area contributed by atoms with Crippen molar-refractivity contribution in [1.82, 2.24) is 14.5 Å². The number of imidazole rings is 1. The first kappa shape index (κ1) is 20.2. The summed E-state index contributed by atoms with van der Waals surface area (Å²) in [5.41, 5.74) is 2.48. The molecule has 4 rings (SSSR count). The second kappa shape index (κ2) is 8.36. The third-order valence-electron chi connectivity index (χ3n) is 6.04. The van der Waals surface area contributed by atoms with Crippen molar-refractivity contribution >= 4 is 18.1 Å². The van der Waals surface area contributed by atoms with Crippen molar-refractivity contribution in [2.75, 3.05) is 19.8 Å². The van der Waals surface area contributed by atoms with Crippen LogP contribution in [0.1, 0.15) is 35.7 Å². The number of benzene rings is 1. The van der Waals surface area contributed by atoms with Gasteiger partial charge in [-0.15, -0.1) is 0 Å². The third kappa shape index (κ3) is 4.28. The number of nitrogens with zero attached hydrogens (tertiary/aromatic N) is 2. The Kier molecular flexibility index (Phi) is 5.83. The first-order valence-corrected chi connectivity index (χ1v) is 10.4. The van der Waals surface area contributed by atoms with Crippen molar-refractivity contribution in [2.24, 2.45) is 13.0 Å². The van der Waals surface area contributed by atoms with E-state index >= 15 is 0 Å². The Morgan fingerprint density at radius 3 is 2.62 bits per heavy atom. The molecule has 5 nitrogen and oxygen atoms in total. The number of hydrogen-bond acceptors (Lipinski definition) is 3. The minimum atomic E-state index is -0.576. The molecule has 0 spiro atoms. The van der Waals surface area contributed by atoms with Gasteiger partial charge in [0, 0.05) is 56.7 Å². The highest BCUT2D eigenvalue weighted by molar-refractivity contribution is 7.71. The molecule has 1 N–H and O–H groups in total. The van der Waals surface area contributed by atoms with Crippen LogP contribution >= 0.6 is 12.2 Å². The highest BCUT2D eigenvalue weighted by Crippen LogP contribution is 2.33. The normalized spacial score (nSPS) is 19.3. The first-order valence-electron chi connectivity index (χ1n) is 10.00. The van der Waals surface area contributed by atoms with Crippen LogP contribution in [0.25, 0.3) is 0 Å². The van der Waals surface area contributed by atoms with Crippen LogP contribution in [0.4, 0.5) is 8.78 Å². The molecule has 2 aromatic rings. The number of rotatable bonds is 5. The quantitative estimate of drug-likeness (QED) is 0.754. The van der Waals surface area contributed by atoms with Gasteiger partial charge in [0.25, 0.3) is 0 Å². The molecule has 1 aromatic heterocycles. The number of aromatic nitrogens is 2. The lowest BCUT2D eigenvalue weighted by Crippen LogP contribution is -2.33. The van der Waals surface area contributed by atoms with Crippen molar-refractivity contribution in [2.45, 2.75) is 38.1 Å². The molecule has 156 valence electrons. The highest BCUT2D eigenvalue weighted by atomic mass is 32.1. The second-order valence-electron chi connectivity index (χ2n) is 7.99. The van der Waals surface area contributed by atoms with E-state index in [1.807, 2.05) is 16.2 Å². The van der Waals surface area contributed by atoms with E-state index in [2.05, 4.69) is 5.32 Å². The number of hydrogen-bond donors (Lipinski definition) is 1. The molecule has 29 heavy (non-hydrogen) atoms. The topological polar surface area (TPSA) is 48.2 Å². The lowest BCUT2D eigenvalue weighted by molar-refractivity contribution is -0.120. The van der Waals surface area contributed by atoms with E-state index in [1.54, 1.807) is 0 Å². The number of nitrogens with one attached hydrogen (secondary N) is 1. The zero-order chi connectivity index (χ0) is 20.5. The smallest absolute Gasteiger partial charge is 0.226 e. The van der Waals surface area contributed by atoms with Crippen molar-refractivity contribution in [3.63, 3.8) is 0 Å². The number of carbonyl (C=O) groups excluding carboxylic acids is 1. The predicted molar refractivity (Wildman–Crippen MR) is 107 cm³/mol. The molecule has 1 atom stereocenters. The largest absolute Gasteiger partial charge is 0.381 e. The number of fused-ring (bicyclic) bond motifs is 1. The van der Waals surface area contributed by atoms with Crippen LogP contribution < -0.4 is 5.32 Å². The van der Waals surface area contributed by atoms with Crippen LogP contribution in [0, 0.1) is 22.3 Å². The van der Waals surface area contributed by atoms with Gasteiger partial charge in [0.15, 0.2) is 4.77 Å². The van der Waals surface area contributed by atoms with Gasteiger partial charge < -0.3 is 19.2 Å². The number of carbonyl (C=O) groups is 1. The minimum absolute atomic E-state index is 0.0317. The maximum absolute atomic E-state index is 13.6. The molecule has 8 heteroatoms. The molecule has 0 bridgehead atoms. The number of ether oxygens (including phenoxy) is 1. The molecule has 1 saturated heterocycles. The lowest BCUT2D eigenvalue weighted by atomic mass is 9.96. The van der Waals surface area contributed by atoms with Gasteiger partial charge in [0.1, 0.15) is 11.6 Å². The Morgan fingerprint density at radius 2 is 1.93 bits per heavy atom. The molecule has 0 saturated carbocycles. The summed E-state index contributed by atoms with van der Waals surface area (Å²) in [7, 11) is 1.87. The van der Waals surface area contributed by atoms with Gasteiger partial charge in [-0.25, -0.2) is 8.78 Å². The zero-order valence-corrected chi connectivity index (χ0v) is 17.2. The summed E-state index contributed by atoms with van der Waals surface area (Å²) in [4.78, 5) is 12.6. The first-order chi connectivity index (χ1) is 13.9. The lowest BCUT2D eigenvalue weighted by Gasteiger charge is -2.22. The van der Waals surface area contributed by atoms with Crippen molar-refractivity contribution in [3.05, 3.63) is 51.6 Å². The molecule has 0 unspecified atom stereocenters. The number of amides is 1. The van der Waals surface area contributed by atoms with Crippen molar-refractivity contribution in [3.8, 4) is 0 Å². The standard InChI is InChI=1S/C21H25F2N3O2S/c1-25-18(10-20(27)24-11-13-2-4-28-5-3-13)19-8-15(12-26(19)21(25)29)14-6-16(22)9-17(23)7-14/h6-7,9,13,15H,2-5,8,10-12H2,1H3,(H,24,27)/t15-/m1/s1. The van der Waals surface area contributed by atoms with Gasteiger partial charge in [-0.1, -0.05) is 0 Å². The fourth-order valence-corrected chi connectivity index (χ4v) is 4.67. The van der Waals surface area contributed by atoms with Gasteiger partial charge >= 0.3 is 0 Å². The predicted octanol–water partition coefficient (Wildman–Crippen LogP) is 3.26. The Morgan fingerprint density at radius 1 is 1.24 bits per heavy atom. The molecule has 0 radical (unpaired) electrons. The molecule has 2 aliphatic heterocycles. The highest BCUT2D eigenvalue weighted by Gasteiger charge is 2.30. The fourth-order valence-electron chi connectivity index (χ4n) is 4.37. The zero-order valence-electron chi connectivity index (χ0n) is 16.4. The van der Waals surface area contributed by atoms with Crippen LogP contribution in [0.2, 0.25) is 0 Å². The maximum Gasteiger partial charge on any atom is 0.226 e. The Labute approximate surface area is 173 Å². The summed E-state index contributed by atoms with van der Waals surface area (Å²) in [5, 5.41) is 3.04. The Hall–Kier alpha value is -2.06. The Bertz CT molecular complexity index is 959. The fraction of sp³-hybridized carbons (Fsp3) is 0.524. The van der Waals surface area contributed by atoms with Gasteiger partial charge in [0.2, 0.25) is 5.91 Å². The Balaban J connectivity index is 1.47. The van der Waals surface area contributed by atoms with Gasteiger partial charge in [0.05, 0.1) is 6.42 Å². The summed E-state index contributed by atoms with van der Waals surface area (Å²) in [5.74, 6) is -0.775. The van der Waals surface area contributed by atoms with E-state index in [0.717, 1.165) is 43.5 Å². The van der Waals surface area contributed by atoms with E-state index in [4.69, 9.17) is 17.0 Å². The summed E-state index contributed by atoms with van der Waals surface area (Å²) in [6.07, 6.45) is 2.79. The van der Waals surface area contributed by atoms with E-state index in [0.29, 0.717) is 35.8 Å². The summed E-state index contributed by atoms with van der Waals surface area (Å²) in [6.45, 7) is 2.73. The molecular formula is C21H25F2N3O2S. The van der Waals surface area contributed by atoms with E-state index in [-0.39, 0.29) is 18.2 Å². The molecule has 0 aliphatic carbocycles. The van der Waals surface area contributed by atoms with Crippen molar-refractivity contribution in [1.29, 1.82) is 0 Å². The van der Waals surface area contributed by atoms with Crippen LogP contribution in [0.15, 0.2) is 18.2 Å². The van der Waals surface area contributed by atoms with Crippen LogP contribution in [-0.4, -0.2) is 34.8 Å². The van der Waals surface area contributed by atoms with Gasteiger partial charge in [-0.2, -0.15) is 0 Å². The van der Waals surface area contributed by atoms with Gasteiger partial charge in [-0.05, 0) is 55.1 Å². The molecule has 1 fully saturated rings. The average molecular weight is 422 g/mol. The average Bonchev–Trinajstić information content (AvgIpc) is 3.22. The number of halogens is 2. The molecule has 3 heterocycles. The second-order valence-corrected chi connectivity index (χ2v) is 8.35. The molecule has 1 aromatic carbocycles. The summed E-state index contributed by atoms with van der Waals surface area (Å²) >= 11 is 5.55. The van der Waals surface area contributed by atoms with E-state index in [9.17, 15) is 13.6 Å². The van der Waals surface area contributed by atoms with E-state index < -0.39 is 11.6 Å². The SMILES string of the molecule is Cn1c(CC(=O)NCC2CCOCC2)c2n(c1=S)C[C@H](c1cc(F)cc(F)c1)C2. The van der Waals surface area contributed by atoms with Gasteiger partial charge in [-0.3, -0.25) is 4.79 Å². The van der Waals surface area contributed by atoms with Crippen LogP contribution in [0.3, 0.4) is 0 Å². The molecule has 2 aliphatic rings. The van der Waals surface area contributed by atoms with Crippen LogP contribution in [-0.2, 0) is 36.0 Å². The minimum Gasteiger partial charge on any atom is -0.381 e. The van der Waals surface area contributed by atoms with E-state index in [1.165, 1.54) is 12.1 Å². The van der Waals surface area contributed by atoms with Crippen LogP contribution in [0.5, 0.6) is 0 Å². The molecular weight excluding hydrogens is 396 g/mol. The monoisotopic (exact) mass is 421 g/mol. The third-order valence-corrected chi connectivity index (χ3v) is 6.53. The van der Waals surface area contributed by atoms with Crippen molar-refractivity contribution < 1.29 is 18.3 Å². The molecule has 1 amide bonds. The summed E-state index contributed by atoms with van der Waals surface area (Å²) in [6, 6.07) is 3.64. The maximum atomic E-state index is 13.6.